The highest BCUT2D eigenvalue weighted by Gasteiger charge is 2.14. The number of rotatable bonds is 11. The molecule has 0 aromatic heterocycles. The highest BCUT2D eigenvalue weighted by molar-refractivity contribution is 4.69. The predicted octanol–water partition coefficient (Wildman–Crippen LogP) is 3.12. The Hall–Kier alpha value is -0.340. The van der Waals surface area contributed by atoms with E-state index in [1.165, 1.54) is 19.3 Å². The van der Waals surface area contributed by atoms with Gasteiger partial charge in [-0.2, -0.15) is 0 Å². The van der Waals surface area contributed by atoms with Crippen molar-refractivity contribution in [2.45, 2.75) is 58.5 Å². The molecule has 2 nitrogen and oxygen atoms in total. The van der Waals surface area contributed by atoms with Gasteiger partial charge >= 0.3 is 0 Å². The number of aliphatic hydroxyl groups is 1. The minimum Gasteiger partial charge on any atom is -0.392 e. The monoisotopic (exact) mass is 227 g/mol. The minimum atomic E-state index is -0.178. The Bertz CT molecular complexity index is 155. The lowest BCUT2D eigenvalue weighted by atomic mass is 9.96. The van der Waals surface area contributed by atoms with Crippen molar-refractivity contribution >= 4 is 0 Å². The Labute approximate surface area is 101 Å². The molecule has 0 aromatic rings. The summed E-state index contributed by atoms with van der Waals surface area (Å²) < 4.78 is 0. The summed E-state index contributed by atoms with van der Waals surface area (Å²) in [5, 5.41) is 13.2. The fourth-order valence-corrected chi connectivity index (χ4v) is 1.96. The van der Waals surface area contributed by atoms with Crippen LogP contribution < -0.4 is 5.32 Å². The molecular weight excluding hydrogens is 198 g/mol. The Morgan fingerprint density at radius 1 is 1.19 bits per heavy atom. The maximum atomic E-state index is 9.87. The van der Waals surface area contributed by atoms with Crippen LogP contribution >= 0.6 is 0 Å². The van der Waals surface area contributed by atoms with E-state index in [1.54, 1.807) is 0 Å². The lowest BCUT2D eigenvalue weighted by molar-refractivity contribution is 0.102. The summed E-state index contributed by atoms with van der Waals surface area (Å²) in [4.78, 5) is 0. The van der Waals surface area contributed by atoms with Crippen LogP contribution in [-0.2, 0) is 0 Å². The van der Waals surface area contributed by atoms with Crippen LogP contribution in [0.1, 0.15) is 52.4 Å². The summed E-state index contributed by atoms with van der Waals surface area (Å²) in [6.07, 6.45) is 8.74. The summed E-state index contributed by atoms with van der Waals surface area (Å²) >= 11 is 0. The number of hydrogen-bond acceptors (Lipinski definition) is 2. The molecule has 0 aliphatic carbocycles. The Morgan fingerprint density at radius 2 is 1.88 bits per heavy atom. The van der Waals surface area contributed by atoms with Gasteiger partial charge in [0.15, 0.2) is 0 Å². The first-order chi connectivity index (χ1) is 7.76. The van der Waals surface area contributed by atoms with Crippen molar-refractivity contribution in [2.24, 2.45) is 5.92 Å². The zero-order valence-electron chi connectivity index (χ0n) is 11.0. The van der Waals surface area contributed by atoms with Gasteiger partial charge < -0.3 is 10.4 Å². The number of allylic oxidation sites excluding steroid dienone is 1. The van der Waals surface area contributed by atoms with Crippen LogP contribution in [-0.4, -0.2) is 24.3 Å². The van der Waals surface area contributed by atoms with Crippen molar-refractivity contribution in [3.05, 3.63) is 12.7 Å². The van der Waals surface area contributed by atoms with Crippen molar-refractivity contribution < 1.29 is 5.11 Å². The minimum absolute atomic E-state index is 0.178. The van der Waals surface area contributed by atoms with Crippen LogP contribution in [0.25, 0.3) is 0 Å². The second kappa shape index (κ2) is 11.2. The molecule has 0 aromatic carbocycles. The van der Waals surface area contributed by atoms with Crippen LogP contribution in [0.5, 0.6) is 0 Å². The zero-order chi connectivity index (χ0) is 12.2. The number of nitrogens with one attached hydrogen (secondary N) is 1. The fourth-order valence-electron chi connectivity index (χ4n) is 1.96. The molecule has 0 saturated carbocycles. The van der Waals surface area contributed by atoms with Crippen LogP contribution in [0.4, 0.5) is 0 Å². The molecule has 0 radical (unpaired) electrons. The molecule has 96 valence electrons. The van der Waals surface area contributed by atoms with E-state index >= 15 is 0 Å². The molecule has 0 aliphatic heterocycles. The second-order valence-corrected chi connectivity index (χ2v) is 4.49. The molecule has 2 N–H and O–H groups in total. The highest BCUT2D eigenvalue weighted by atomic mass is 16.3. The molecule has 16 heavy (non-hydrogen) atoms. The highest BCUT2D eigenvalue weighted by Crippen LogP contribution is 2.12. The summed E-state index contributed by atoms with van der Waals surface area (Å²) in [6.45, 7) is 9.76. The molecule has 0 heterocycles. The van der Waals surface area contributed by atoms with Gasteiger partial charge in [0.2, 0.25) is 0 Å². The average molecular weight is 227 g/mol. The van der Waals surface area contributed by atoms with Crippen LogP contribution in [0.15, 0.2) is 12.7 Å². The molecule has 0 rings (SSSR count). The smallest absolute Gasteiger partial charge is 0.0692 e. The van der Waals surface area contributed by atoms with Crippen LogP contribution in [0.2, 0.25) is 0 Å². The van der Waals surface area contributed by atoms with Gasteiger partial charge in [-0.25, -0.2) is 0 Å². The van der Waals surface area contributed by atoms with Gasteiger partial charge in [-0.15, -0.1) is 6.58 Å². The van der Waals surface area contributed by atoms with E-state index in [-0.39, 0.29) is 6.10 Å². The van der Waals surface area contributed by atoms with Gasteiger partial charge in [-0.05, 0) is 31.7 Å². The van der Waals surface area contributed by atoms with E-state index in [4.69, 9.17) is 0 Å². The van der Waals surface area contributed by atoms with E-state index in [2.05, 4.69) is 25.7 Å². The lowest BCUT2D eigenvalue weighted by Crippen LogP contribution is -2.33. The third-order valence-electron chi connectivity index (χ3n) is 3.21. The normalized spacial score (nSPS) is 13.0. The summed E-state index contributed by atoms with van der Waals surface area (Å²) in [6, 6.07) is 0. The topological polar surface area (TPSA) is 32.3 Å². The Morgan fingerprint density at radius 3 is 2.44 bits per heavy atom. The third-order valence-corrected chi connectivity index (χ3v) is 3.21. The van der Waals surface area contributed by atoms with Crippen molar-refractivity contribution in [3.63, 3.8) is 0 Å². The molecule has 0 aliphatic rings. The maximum Gasteiger partial charge on any atom is 0.0692 e. The first-order valence-corrected chi connectivity index (χ1v) is 6.75. The first kappa shape index (κ1) is 15.7. The molecule has 1 atom stereocenters. The number of unbranched alkanes of at least 4 members (excludes halogenated alkanes) is 3. The average Bonchev–Trinajstić information content (AvgIpc) is 2.29. The Kier molecular flexibility index (Phi) is 10.9. The second-order valence-electron chi connectivity index (χ2n) is 4.49. The van der Waals surface area contributed by atoms with Gasteiger partial charge in [0.05, 0.1) is 6.10 Å². The van der Waals surface area contributed by atoms with Crippen LogP contribution in [0.3, 0.4) is 0 Å². The van der Waals surface area contributed by atoms with Gasteiger partial charge in [0, 0.05) is 6.54 Å². The molecule has 0 amide bonds. The fraction of sp³-hybridized carbons (Fsp3) is 0.857. The van der Waals surface area contributed by atoms with Crippen molar-refractivity contribution in [1.82, 2.24) is 5.32 Å². The van der Waals surface area contributed by atoms with Crippen LogP contribution in [0, 0.1) is 5.92 Å². The molecule has 2 heteroatoms. The lowest BCUT2D eigenvalue weighted by Gasteiger charge is -2.20. The summed E-state index contributed by atoms with van der Waals surface area (Å²) in [5.74, 6) is 0.452. The van der Waals surface area contributed by atoms with E-state index in [9.17, 15) is 5.11 Å². The Balaban J connectivity index is 3.33. The zero-order valence-corrected chi connectivity index (χ0v) is 11.0. The predicted molar refractivity (Wildman–Crippen MR) is 71.6 cm³/mol. The molecule has 0 fully saturated rings. The quantitative estimate of drug-likeness (QED) is 0.420. The molecule has 1 unspecified atom stereocenters. The number of aliphatic hydroxyl groups excluding tert-OH is 1. The van der Waals surface area contributed by atoms with E-state index in [0.717, 1.165) is 32.4 Å². The van der Waals surface area contributed by atoms with Gasteiger partial charge in [0.1, 0.15) is 0 Å². The van der Waals surface area contributed by atoms with Gasteiger partial charge in [-0.1, -0.05) is 39.2 Å². The first-order valence-electron chi connectivity index (χ1n) is 6.75. The summed E-state index contributed by atoms with van der Waals surface area (Å²) in [5.41, 5.74) is 0. The summed E-state index contributed by atoms with van der Waals surface area (Å²) in [7, 11) is 0. The van der Waals surface area contributed by atoms with Gasteiger partial charge in [-0.3, -0.25) is 0 Å². The SMILES string of the molecule is C=CCCCCCNCC(O)C(CC)CC. The molecule has 0 bridgehead atoms. The largest absolute Gasteiger partial charge is 0.392 e. The van der Waals surface area contributed by atoms with E-state index in [1.807, 2.05) is 6.08 Å². The van der Waals surface area contributed by atoms with E-state index in [0.29, 0.717) is 5.92 Å². The number of hydrogen-bond donors (Lipinski definition) is 2. The molecule has 0 saturated heterocycles. The molecular formula is C14H29NO. The van der Waals surface area contributed by atoms with Crippen molar-refractivity contribution in [1.29, 1.82) is 0 Å². The third kappa shape index (κ3) is 7.89. The van der Waals surface area contributed by atoms with Crippen molar-refractivity contribution in [2.75, 3.05) is 13.1 Å². The standard InChI is InChI=1S/C14H29NO/c1-4-7-8-9-10-11-15-12-14(16)13(5-2)6-3/h4,13-16H,1,5-12H2,2-3H3. The van der Waals surface area contributed by atoms with E-state index < -0.39 is 0 Å². The maximum absolute atomic E-state index is 9.87. The molecule has 0 spiro atoms. The van der Waals surface area contributed by atoms with Crippen molar-refractivity contribution in [3.8, 4) is 0 Å². The van der Waals surface area contributed by atoms with Gasteiger partial charge in [0.25, 0.3) is 0 Å².